The van der Waals surface area contributed by atoms with Gasteiger partial charge in [0.05, 0.1) is 5.52 Å². The molecule has 3 nitrogen and oxygen atoms in total. The Morgan fingerprint density at radius 1 is 1.60 bits per heavy atom. The van der Waals surface area contributed by atoms with E-state index in [0.717, 1.165) is 26.8 Å². The first-order chi connectivity index (χ1) is 7.15. The van der Waals surface area contributed by atoms with Crippen LogP contribution >= 0.6 is 23.1 Å². The number of hydrogen-bond donors (Lipinski definition) is 0. The van der Waals surface area contributed by atoms with E-state index in [-0.39, 0.29) is 5.56 Å². The molecular weight excluding hydrogens is 228 g/mol. The SMILES string of the molecule is Cc1cc2nc3n(c(=O)c2s1)CC(C)S3. The van der Waals surface area contributed by atoms with Gasteiger partial charge in [0, 0.05) is 16.7 Å². The zero-order valence-corrected chi connectivity index (χ0v) is 10.1. The van der Waals surface area contributed by atoms with E-state index in [4.69, 9.17) is 0 Å². The average Bonchev–Trinajstić information content (AvgIpc) is 2.69. The van der Waals surface area contributed by atoms with E-state index < -0.39 is 0 Å². The van der Waals surface area contributed by atoms with Crippen molar-refractivity contribution >= 4 is 33.3 Å². The maximum absolute atomic E-state index is 12.1. The number of hydrogen-bond acceptors (Lipinski definition) is 4. The maximum Gasteiger partial charge on any atom is 0.272 e. The highest BCUT2D eigenvalue weighted by Gasteiger charge is 2.22. The number of fused-ring (bicyclic) bond motifs is 2. The van der Waals surface area contributed by atoms with Gasteiger partial charge in [0.1, 0.15) is 4.70 Å². The highest BCUT2D eigenvalue weighted by Crippen LogP contribution is 2.31. The molecule has 0 amide bonds. The molecule has 1 atom stereocenters. The van der Waals surface area contributed by atoms with E-state index in [9.17, 15) is 4.79 Å². The molecule has 0 aliphatic carbocycles. The summed E-state index contributed by atoms with van der Waals surface area (Å²) in [5, 5.41) is 1.33. The first kappa shape index (κ1) is 9.42. The summed E-state index contributed by atoms with van der Waals surface area (Å²) < 4.78 is 2.60. The van der Waals surface area contributed by atoms with Crippen LogP contribution in [0.2, 0.25) is 0 Å². The Kier molecular flexibility index (Phi) is 1.94. The van der Waals surface area contributed by atoms with E-state index in [1.165, 1.54) is 0 Å². The second-order valence-electron chi connectivity index (χ2n) is 3.81. The monoisotopic (exact) mass is 238 g/mol. The summed E-state index contributed by atoms with van der Waals surface area (Å²) in [6, 6.07) is 1.99. The van der Waals surface area contributed by atoms with Gasteiger partial charge in [0.25, 0.3) is 5.56 Å². The summed E-state index contributed by atoms with van der Waals surface area (Å²) in [7, 11) is 0. The predicted octanol–water partition coefficient (Wildman–Crippen LogP) is 2.26. The van der Waals surface area contributed by atoms with Crippen LogP contribution in [0, 0.1) is 6.92 Å². The molecule has 0 spiro atoms. The summed E-state index contributed by atoms with van der Waals surface area (Å²) in [4.78, 5) is 17.8. The summed E-state index contributed by atoms with van der Waals surface area (Å²) in [5.74, 6) is 0. The second kappa shape index (κ2) is 3.09. The molecule has 0 radical (unpaired) electrons. The molecule has 0 saturated heterocycles. The Morgan fingerprint density at radius 3 is 3.20 bits per heavy atom. The largest absolute Gasteiger partial charge is 0.285 e. The molecule has 3 rings (SSSR count). The lowest BCUT2D eigenvalue weighted by Gasteiger charge is -1.99. The van der Waals surface area contributed by atoms with Crippen LogP contribution in [-0.2, 0) is 6.54 Å². The minimum absolute atomic E-state index is 0.130. The Labute approximate surface area is 95.1 Å². The van der Waals surface area contributed by atoms with E-state index in [2.05, 4.69) is 11.9 Å². The van der Waals surface area contributed by atoms with Gasteiger partial charge in [-0.2, -0.15) is 0 Å². The summed E-state index contributed by atoms with van der Waals surface area (Å²) >= 11 is 3.23. The minimum atomic E-state index is 0.130. The molecule has 2 aromatic heterocycles. The standard InChI is InChI=1S/C10H10N2OS2/c1-5-3-7-8(14-5)9(13)12-4-6(2)15-10(12)11-7/h3,6H,4H2,1-2H3. The number of thiophene rings is 1. The van der Waals surface area contributed by atoms with Gasteiger partial charge in [0.15, 0.2) is 5.16 Å². The highest BCUT2D eigenvalue weighted by molar-refractivity contribution is 7.99. The van der Waals surface area contributed by atoms with Crippen LogP contribution in [0.1, 0.15) is 11.8 Å². The molecule has 15 heavy (non-hydrogen) atoms. The highest BCUT2D eigenvalue weighted by atomic mass is 32.2. The van der Waals surface area contributed by atoms with Crippen molar-refractivity contribution in [2.45, 2.75) is 30.8 Å². The third-order valence-electron chi connectivity index (χ3n) is 2.47. The Hall–Kier alpha value is -0.810. The van der Waals surface area contributed by atoms with Crippen molar-refractivity contribution in [3.05, 3.63) is 21.3 Å². The van der Waals surface area contributed by atoms with Crippen LogP contribution in [0.5, 0.6) is 0 Å². The van der Waals surface area contributed by atoms with Gasteiger partial charge in [-0.25, -0.2) is 4.98 Å². The van der Waals surface area contributed by atoms with Gasteiger partial charge in [-0.15, -0.1) is 11.3 Å². The molecule has 3 heterocycles. The predicted molar refractivity (Wildman–Crippen MR) is 63.9 cm³/mol. The third kappa shape index (κ3) is 1.33. The number of nitrogens with zero attached hydrogens (tertiary/aromatic N) is 2. The fourth-order valence-electron chi connectivity index (χ4n) is 1.84. The van der Waals surface area contributed by atoms with Gasteiger partial charge < -0.3 is 0 Å². The van der Waals surface area contributed by atoms with Crippen molar-refractivity contribution in [1.82, 2.24) is 9.55 Å². The van der Waals surface area contributed by atoms with Crippen LogP contribution in [-0.4, -0.2) is 14.8 Å². The molecule has 1 aliphatic rings. The van der Waals surface area contributed by atoms with E-state index in [1.807, 2.05) is 13.0 Å². The molecule has 2 aromatic rings. The molecule has 0 N–H and O–H groups in total. The van der Waals surface area contributed by atoms with Gasteiger partial charge in [0.2, 0.25) is 0 Å². The number of rotatable bonds is 0. The first-order valence-corrected chi connectivity index (χ1v) is 6.52. The second-order valence-corrected chi connectivity index (χ2v) is 6.47. The van der Waals surface area contributed by atoms with Crippen molar-refractivity contribution in [2.75, 3.05) is 0 Å². The van der Waals surface area contributed by atoms with Crippen molar-refractivity contribution in [3.63, 3.8) is 0 Å². The van der Waals surface area contributed by atoms with Crippen LogP contribution in [0.15, 0.2) is 16.0 Å². The first-order valence-electron chi connectivity index (χ1n) is 4.83. The van der Waals surface area contributed by atoms with E-state index in [1.54, 1.807) is 27.7 Å². The number of thioether (sulfide) groups is 1. The Morgan fingerprint density at radius 2 is 2.40 bits per heavy atom. The average molecular weight is 238 g/mol. The molecule has 1 unspecified atom stereocenters. The molecule has 0 fully saturated rings. The third-order valence-corrected chi connectivity index (χ3v) is 4.57. The molecule has 78 valence electrons. The van der Waals surface area contributed by atoms with Crippen LogP contribution in [0.3, 0.4) is 0 Å². The van der Waals surface area contributed by atoms with E-state index in [0.29, 0.717) is 5.25 Å². The van der Waals surface area contributed by atoms with Crippen molar-refractivity contribution < 1.29 is 0 Å². The fourth-order valence-corrected chi connectivity index (χ4v) is 3.75. The Bertz CT molecular complexity index is 599. The smallest absolute Gasteiger partial charge is 0.272 e. The molecule has 0 saturated carbocycles. The Balaban J connectivity index is 2.39. The van der Waals surface area contributed by atoms with Gasteiger partial charge >= 0.3 is 0 Å². The summed E-state index contributed by atoms with van der Waals surface area (Å²) in [5.41, 5.74) is 0.986. The van der Waals surface area contributed by atoms with Crippen LogP contribution in [0.25, 0.3) is 10.2 Å². The zero-order chi connectivity index (χ0) is 10.6. The molecule has 5 heteroatoms. The minimum Gasteiger partial charge on any atom is -0.285 e. The maximum atomic E-state index is 12.1. The van der Waals surface area contributed by atoms with Crippen molar-refractivity contribution in [1.29, 1.82) is 0 Å². The number of aromatic nitrogens is 2. The van der Waals surface area contributed by atoms with Gasteiger partial charge in [-0.05, 0) is 13.0 Å². The lowest BCUT2D eigenvalue weighted by molar-refractivity contribution is 0.630. The van der Waals surface area contributed by atoms with Gasteiger partial charge in [-0.3, -0.25) is 9.36 Å². The van der Waals surface area contributed by atoms with Crippen LogP contribution < -0.4 is 5.56 Å². The van der Waals surface area contributed by atoms with Crippen molar-refractivity contribution in [2.24, 2.45) is 0 Å². The molecule has 0 bridgehead atoms. The summed E-state index contributed by atoms with van der Waals surface area (Å²) in [6.07, 6.45) is 0. The topological polar surface area (TPSA) is 34.9 Å². The summed E-state index contributed by atoms with van der Waals surface area (Å²) in [6.45, 7) is 4.92. The fraction of sp³-hybridized carbons (Fsp3) is 0.400. The van der Waals surface area contributed by atoms with E-state index >= 15 is 0 Å². The van der Waals surface area contributed by atoms with Gasteiger partial charge in [-0.1, -0.05) is 18.7 Å². The van der Waals surface area contributed by atoms with Crippen LogP contribution in [0.4, 0.5) is 0 Å². The quantitative estimate of drug-likeness (QED) is 0.660. The molecule has 0 aromatic carbocycles. The molecule has 1 aliphatic heterocycles. The lowest BCUT2D eigenvalue weighted by Crippen LogP contribution is -2.20. The lowest BCUT2D eigenvalue weighted by atomic mass is 10.4. The number of aryl methyl sites for hydroxylation is 1. The molecular formula is C10H10N2OS2. The zero-order valence-electron chi connectivity index (χ0n) is 8.48. The van der Waals surface area contributed by atoms with Crippen molar-refractivity contribution in [3.8, 4) is 0 Å². The normalized spacial score (nSPS) is 19.7.